The number of anilines is 2. The highest BCUT2D eigenvalue weighted by atomic mass is 35.5. The maximum absolute atomic E-state index is 5.99. The Kier molecular flexibility index (Phi) is 6.12. The van der Waals surface area contributed by atoms with Crippen LogP contribution >= 0.6 is 11.6 Å². The van der Waals surface area contributed by atoms with Crippen molar-refractivity contribution in [1.82, 2.24) is 0 Å². The molecule has 0 spiro atoms. The summed E-state index contributed by atoms with van der Waals surface area (Å²) < 4.78 is 0. The largest absolute Gasteiger partial charge is 0.381 e. The Labute approximate surface area is 206 Å². The molecule has 1 N–H and O–H groups in total. The van der Waals surface area contributed by atoms with Gasteiger partial charge in [-0.25, -0.2) is 0 Å². The first-order valence-electron chi connectivity index (χ1n) is 11.6. The van der Waals surface area contributed by atoms with Gasteiger partial charge in [0.2, 0.25) is 0 Å². The summed E-state index contributed by atoms with van der Waals surface area (Å²) in [4.78, 5) is 0. The summed E-state index contributed by atoms with van der Waals surface area (Å²) in [5.74, 6) is 0. The van der Waals surface area contributed by atoms with Gasteiger partial charge in [0.15, 0.2) is 0 Å². The highest BCUT2D eigenvalue weighted by molar-refractivity contribution is 6.30. The molecule has 0 aliphatic carbocycles. The third-order valence-corrected chi connectivity index (χ3v) is 6.70. The molecule has 0 fully saturated rings. The average molecular weight is 466 g/mol. The molecule has 0 aromatic heterocycles. The predicted octanol–water partition coefficient (Wildman–Crippen LogP) is 7.94. The molecular formula is C30H28ClN3. The van der Waals surface area contributed by atoms with Crippen molar-refractivity contribution in [3.63, 3.8) is 0 Å². The van der Waals surface area contributed by atoms with Gasteiger partial charge in [0.1, 0.15) is 0 Å². The Morgan fingerprint density at radius 1 is 0.794 bits per heavy atom. The molecule has 34 heavy (non-hydrogen) atoms. The van der Waals surface area contributed by atoms with E-state index in [2.05, 4.69) is 109 Å². The zero-order chi connectivity index (χ0) is 23.5. The van der Waals surface area contributed by atoms with Crippen LogP contribution in [0.25, 0.3) is 0 Å². The SMILES string of the molecule is CC1(C)C(c2ccccc2)=NN(c2ccc(CNc3ccc(Cl)cc3)cc2)[C@H]1c1ccccc1. The molecule has 1 aliphatic rings. The van der Waals surface area contributed by atoms with Crippen LogP contribution in [-0.2, 0) is 6.54 Å². The van der Waals surface area contributed by atoms with Crippen LogP contribution in [0.15, 0.2) is 114 Å². The molecule has 4 aromatic carbocycles. The lowest BCUT2D eigenvalue weighted by Crippen LogP contribution is -2.32. The minimum atomic E-state index is -0.169. The van der Waals surface area contributed by atoms with Gasteiger partial charge >= 0.3 is 0 Å². The van der Waals surface area contributed by atoms with E-state index in [9.17, 15) is 0 Å². The lowest BCUT2D eigenvalue weighted by Gasteiger charge is -2.33. The van der Waals surface area contributed by atoms with Crippen LogP contribution in [0, 0.1) is 5.41 Å². The van der Waals surface area contributed by atoms with Crippen LogP contribution < -0.4 is 10.3 Å². The lowest BCUT2D eigenvalue weighted by atomic mass is 9.75. The van der Waals surface area contributed by atoms with Crippen LogP contribution in [0.2, 0.25) is 5.02 Å². The van der Waals surface area contributed by atoms with Crippen molar-refractivity contribution in [3.05, 3.63) is 131 Å². The fraction of sp³-hybridized carbons (Fsp3) is 0.167. The second-order valence-corrected chi connectivity index (χ2v) is 9.66. The summed E-state index contributed by atoms with van der Waals surface area (Å²) in [6.45, 7) is 5.33. The van der Waals surface area contributed by atoms with Crippen LogP contribution in [0.5, 0.6) is 0 Å². The van der Waals surface area contributed by atoms with Gasteiger partial charge in [-0.15, -0.1) is 0 Å². The Balaban J connectivity index is 1.44. The number of benzene rings is 4. The van der Waals surface area contributed by atoms with E-state index in [1.165, 1.54) is 16.7 Å². The number of hydrazone groups is 1. The first-order chi connectivity index (χ1) is 16.5. The minimum Gasteiger partial charge on any atom is -0.381 e. The van der Waals surface area contributed by atoms with Crippen molar-refractivity contribution in [2.24, 2.45) is 10.5 Å². The number of nitrogens with one attached hydrogen (secondary N) is 1. The summed E-state index contributed by atoms with van der Waals surface area (Å²) in [5, 5.41) is 11.6. The van der Waals surface area contributed by atoms with Gasteiger partial charge in [0, 0.05) is 22.7 Å². The van der Waals surface area contributed by atoms with E-state index in [0.29, 0.717) is 0 Å². The molecule has 170 valence electrons. The minimum absolute atomic E-state index is 0.0990. The Hall–Kier alpha value is -3.56. The van der Waals surface area contributed by atoms with Crippen LogP contribution in [0.1, 0.15) is 36.6 Å². The van der Waals surface area contributed by atoms with E-state index in [4.69, 9.17) is 16.7 Å². The first kappa shape index (κ1) is 22.2. The average Bonchev–Trinajstić information content (AvgIpc) is 3.16. The maximum atomic E-state index is 5.99. The molecule has 0 radical (unpaired) electrons. The maximum Gasteiger partial charge on any atom is 0.0882 e. The third-order valence-electron chi connectivity index (χ3n) is 6.45. The summed E-state index contributed by atoms with van der Waals surface area (Å²) in [6.07, 6.45) is 0. The molecule has 1 aliphatic heterocycles. The van der Waals surface area contributed by atoms with Crippen molar-refractivity contribution in [2.45, 2.75) is 26.4 Å². The quantitative estimate of drug-likeness (QED) is 0.313. The van der Waals surface area contributed by atoms with Crippen LogP contribution in [-0.4, -0.2) is 5.71 Å². The molecule has 0 saturated carbocycles. The number of hydrogen-bond donors (Lipinski definition) is 1. The van der Waals surface area contributed by atoms with Gasteiger partial charge in [-0.1, -0.05) is 98.2 Å². The highest BCUT2D eigenvalue weighted by Gasteiger charge is 2.45. The molecule has 0 unspecified atom stereocenters. The van der Waals surface area contributed by atoms with Crippen LogP contribution in [0.4, 0.5) is 11.4 Å². The Bertz CT molecular complexity index is 1260. The highest BCUT2D eigenvalue weighted by Crippen LogP contribution is 2.48. The van der Waals surface area contributed by atoms with Crippen molar-refractivity contribution < 1.29 is 0 Å². The standard InChI is InChI=1S/C30H28ClN3/c1-30(2)28(23-9-5-3-6-10-23)33-34(29(30)24-11-7-4-8-12-24)27-19-13-22(14-20-27)21-32-26-17-15-25(31)16-18-26/h3-20,29,32H,21H2,1-2H3/t29-/m0/s1. The second kappa shape index (κ2) is 9.36. The Morgan fingerprint density at radius 3 is 2.06 bits per heavy atom. The van der Waals surface area contributed by atoms with Gasteiger partial charge in [-0.2, -0.15) is 5.10 Å². The van der Waals surface area contributed by atoms with E-state index in [1.54, 1.807) is 0 Å². The van der Waals surface area contributed by atoms with Crippen LogP contribution in [0.3, 0.4) is 0 Å². The van der Waals surface area contributed by atoms with Gasteiger partial charge in [0.25, 0.3) is 0 Å². The second-order valence-electron chi connectivity index (χ2n) is 9.22. The monoisotopic (exact) mass is 465 g/mol. The molecule has 4 aromatic rings. The normalized spacial score (nSPS) is 16.9. The third kappa shape index (κ3) is 4.44. The Morgan fingerprint density at radius 2 is 1.41 bits per heavy atom. The van der Waals surface area contributed by atoms with Crippen molar-refractivity contribution in [1.29, 1.82) is 0 Å². The fourth-order valence-corrected chi connectivity index (χ4v) is 4.82. The van der Waals surface area contributed by atoms with Crippen molar-refractivity contribution in [3.8, 4) is 0 Å². The van der Waals surface area contributed by atoms with Gasteiger partial charge in [0.05, 0.1) is 17.4 Å². The van der Waals surface area contributed by atoms with E-state index < -0.39 is 0 Å². The molecule has 1 heterocycles. The zero-order valence-corrected chi connectivity index (χ0v) is 20.2. The van der Waals surface area contributed by atoms with E-state index in [-0.39, 0.29) is 11.5 Å². The first-order valence-corrected chi connectivity index (χ1v) is 12.0. The molecular weight excluding hydrogens is 438 g/mol. The van der Waals surface area contributed by atoms with E-state index >= 15 is 0 Å². The van der Waals surface area contributed by atoms with Crippen molar-refractivity contribution >= 4 is 28.7 Å². The molecule has 5 rings (SSSR count). The van der Waals surface area contributed by atoms with Gasteiger partial charge in [-0.05, 0) is 53.1 Å². The van der Waals surface area contributed by atoms with Gasteiger partial charge in [-0.3, -0.25) is 5.01 Å². The molecule has 0 saturated heterocycles. The number of halogens is 1. The molecule has 0 bridgehead atoms. The summed E-state index contributed by atoms with van der Waals surface area (Å²) in [7, 11) is 0. The summed E-state index contributed by atoms with van der Waals surface area (Å²) in [6, 6.07) is 37.8. The van der Waals surface area contributed by atoms with E-state index in [1.807, 2.05) is 24.3 Å². The topological polar surface area (TPSA) is 27.6 Å². The summed E-state index contributed by atoms with van der Waals surface area (Å²) in [5.41, 5.74) is 6.71. The lowest BCUT2D eigenvalue weighted by molar-refractivity contribution is 0.425. The van der Waals surface area contributed by atoms with Crippen molar-refractivity contribution in [2.75, 3.05) is 10.3 Å². The number of rotatable bonds is 6. The zero-order valence-electron chi connectivity index (χ0n) is 19.4. The molecule has 0 amide bonds. The predicted molar refractivity (Wildman–Crippen MR) is 144 cm³/mol. The smallest absolute Gasteiger partial charge is 0.0882 e. The molecule has 1 atom stereocenters. The van der Waals surface area contributed by atoms with Gasteiger partial charge < -0.3 is 5.32 Å². The molecule has 4 heteroatoms. The fourth-order valence-electron chi connectivity index (χ4n) is 4.69. The summed E-state index contributed by atoms with van der Waals surface area (Å²) >= 11 is 5.99. The number of hydrogen-bond acceptors (Lipinski definition) is 3. The van der Waals surface area contributed by atoms with E-state index in [0.717, 1.165) is 28.7 Å². The molecule has 3 nitrogen and oxygen atoms in total. The number of nitrogens with zero attached hydrogens (tertiary/aromatic N) is 2.